The lowest BCUT2D eigenvalue weighted by Gasteiger charge is -2.15. The SMILES string of the molecule is CN(Cc1cn[nH]c1)S(=O)(=O)CCN. The predicted octanol–water partition coefficient (Wildman–Crippen LogP) is -0.870. The quantitative estimate of drug-likeness (QED) is 0.672. The van der Waals surface area contributed by atoms with Crippen LogP contribution in [0, 0.1) is 0 Å². The molecule has 0 atom stereocenters. The summed E-state index contributed by atoms with van der Waals surface area (Å²) in [5.41, 5.74) is 6.03. The van der Waals surface area contributed by atoms with Crippen molar-refractivity contribution in [3.8, 4) is 0 Å². The number of nitrogens with two attached hydrogens (primary N) is 1. The molecular weight excluding hydrogens is 204 g/mol. The van der Waals surface area contributed by atoms with E-state index in [1.807, 2.05) is 0 Å². The summed E-state index contributed by atoms with van der Waals surface area (Å²) in [4.78, 5) is 0. The minimum absolute atomic E-state index is 0.0264. The van der Waals surface area contributed by atoms with Crippen LogP contribution in [0.3, 0.4) is 0 Å². The molecule has 0 unspecified atom stereocenters. The van der Waals surface area contributed by atoms with Crippen LogP contribution in [0.15, 0.2) is 12.4 Å². The highest BCUT2D eigenvalue weighted by Crippen LogP contribution is 2.04. The van der Waals surface area contributed by atoms with Crippen LogP contribution in [-0.4, -0.2) is 42.3 Å². The van der Waals surface area contributed by atoms with E-state index in [1.165, 1.54) is 11.4 Å². The van der Waals surface area contributed by atoms with Crippen LogP contribution >= 0.6 is 0 Å². The highest BCUT2D eigenvalue weighted by atomic mass is 32.2. The Labute approximate surface area is 83.1 Å². The Morgan fingerprint density at radius 2 is 2.36 bits per heavy atom. The average molecular weight is 218 g/mol. The minimum atomic E-state index is -3.22. The second kappa shape index (κ2) is 4.54. The summed E-state index contributed by atoms with van der Waals surface area (Å²) < 4.78 is 24.2. The van der Waals surface area contributed by atoms with Gasteiger partial charge in [-0.25, -0.2) is 12.7 Å². The molecule has 0 aromatic carbocycles. The number of nitrogens with zero attached hydrogens (tertiary/aromatic N) is 2. The van der Waals surface area contributed by atoms with Crippen LogP contribution in [0.2, 0.25) is 0 Å². The smallest absolute Gasteiger partial charge is 0.215 e. The van der Waals surface area contributed by atoms with Gasteiger partial charge in [0.25, 0.3) is 0 Å². The molecule has 1 aromatic rings. The van der Waals surface area contributed by atoms with Crippen molar-refractivity contribution in [1.82, 2.24) is 14.5 Å². The number of sulfonamides is 1. The first kappa shape index (κ1) is 11.2. The molecular formula is C7H14N4O2S. The van der Waals surface area contributed by atoms with E-state index >= 15 is 0 Å². The molecule has 0 bridgehead atoms. The maximum atomic E-state index is 11.5. The lowest BCUT2D eigenvalue weighted by molar-refractivity contribution is 0.467. The predicted molar refractivity (Wildman–Crippen MR) is 52.9 cm³/mol. The van der Waals surface area contributed by atoms with Gasteiger partial charge in [0.15, 0.2) is 0 Å². The Morgan fingerprint density at radius 1 is 1.64 bits per heavy atom. The van der Waals surface area contributed by atoms with Crippen molar-refractivity contribution in [2.45, 2.75) is 6.54 Å². The van der Waals surface area contributed by atoms with Gasteiger partial charge in [0, 0.05) is 31.9 Å². The Bertz CT molecular complexity index is 359. The standard InChI is InChI=1S/C7H14N4O2S/c1-11(14(12,13)3-2-8)6-7-4-9-10-5-7/h4-5H,2-3,6,8H2,1H3,(H,9,10). The monoisotopic (exact) mass is 218 g/mol. The number of aromatic nitrogens is 2. The number of hydrogen-bond acceptors (Lipinski definition) is 4. The van der Waals surface area contributed by atoms with Gasteiger partial charge in [-0.15, -0.1) is 0 Å². The third kappa shape index (κ3) is 2.79. The summed E-state index contributed by atoms with van der Waals surface area (Å²) in [6.45, 7) is 0.455. The van der Waals surface area contributed by atoms with Crippen LogP contribution in [0.25, 0.3) is 0 Å². The fourth-order valence-electron chi connectivity index (χ4n) is 1.02. The molecule has 0 radical (unpaired) electrons. The van der Waals surface area contributed by atoms with Crippen molar-refractivity contribution in [1.29, 1.82) is 0 Å². The van der Waals surface area contributed by atoms with Gasteiger partial charge < -0.3 is 5.73 Å². The van der Waals surface area contributed by atoms with Crippen LogP contribution in [0.4, 0.5) is 0 Å². The van der Waals surface area contributed by atoms with E-state index in [4.69, 9.17) is 5.73 Å². The zero-order chi connectivity index (χ0) is 10.6. The van der Waals surface area contributed by atoms with Crippen molar-refractivity contribution in [2.75, 3.05) is 19.3 Å². The van der Waals surface area contributed by atoms with Crippen molar-refractivity contribution < 1.29 is 8.42 Å². The second-order valence-corrected chi connectivity index (χ2v) is 5.16. The summed E-state index contributed by atoms with van der Waals surface area (Å²) in [5.74, 6) is -0.0264. The first-order valence-electron chi connectivity index (χ1n) is 4.18. The lowest BCUT2D eigenvalue weighted by atomic mass is 10.4. The van der Waals surface area contributed by atoms with Crippen molar-refractivity contribution >= 4 is 10.0 Å². The van der Waals surface area contributed by atoms with E-state index in [0.29, 0.717) is 6.54 Å². The normalized spacial score (nSPS) is 12.2. The molecule has 14 heavy (non-hydrogen) atoms. The molecule has 1 rings (SSSR count). The summed E-state index contributed by atoms with van der Waals surface area (Å²) in [5, 5.41) is 6.35. The molecule has 0 aliphatic carbocycles. The third-order valence-corrected chi connectivity index (χ3v) is 3.64. The maximum absolute atomic E-state index is 11.5. The van der Waals surface area contributed by atoms with Crippen molar-refractivity contribution in [2.24, 2.45) is 5.73 Å². The van der Waals surface area contributed by atoms with Gasteiger partial charge in [-0.05, 0) is 0 Å². The Kier molecular flexibility index (Phi) is 3.62. The summed E-state index contributed by atoms with van der Waals surface area (Å²) in [6.07, 6.45) is 3.25. The minimum Gasteiger partial charge on any atom is -0.329 e. The van der Waals surface area contributed by atoms with Gasteiger partial charge in [-0.1, -0.05) is 0 Å². The highest BCUT2D eigenvalue weighted by Gasteiger charge is 2.16. The number of H-pyrrole nitrogens is 1. The van der Waals surface area contributed by atoms with Gasteiger partial charge in [0.2, 0.25) is 10.0 Å². The molecule has 1 heterocycles. The Balaban J connectivity index is 2.62. The Hall–Kier alpha value is -0.920. The zero-order valence-electron chi connectivity index (χ0n) is 7.97. The number of aromatic amines is 1. The van der Waals surface area contributed by atoms with Gasteiger partial charge in [-0.3, -0.25) is 5.10 Å². The second-order valence-electron chi connectivity index (χ2n) is 2.97. The van der Waals surface area contributed by atoms with Crippen LogP contribution in [-0.2, 0) is 16.6 Å². The fraction of sp³-hybridized carbons (Fsp3) is 0.571. The molecule has 1 aromatic heterocycles. The summed E-state index contributed by atoms with van der Waals surface area (Å²) >= 11 is 0. The largest absolute Gasteiger partial charge is 0.329 e. The molecule has 7 heteroatoms. The Morgan fingerprint density at radius 3 is 2.86 bits per heavy atom. The molecule has 0 aliphatic heterocycles. The molecule has 0 spiro atoms. The lowest BCUT2D eigenvalue weighted by Crippen LogP contribution is -2.31. The summed E-state index contributed by atoms with van der Waals surface area (Å²) in [6, 6.07) is 0. The van der Waals surface area contributed by atoms with E-state index in [-0.39, 0.29) is 12.3 Å². The first-order chi connectivity index (χ1) is 6.56. The van der Waals surface area contributed by atoms with E-state index in [2.05, 4.69) is 10.2 Å². The molecule has 80 valence electrons. The first-order valence-corrected chi connectivity index (χ1v) is 5.79. The van der Waals surface area contributed by atoms with E-state index in [1.54, 1.807) is 12.4 Å². The average Bonchev–Trinajstić information content (AvgIpc) is 2.56. The van der Waals surface area contributed by atoms with Gasteiger partial charge in [0.05, 0.1) is 11.9 Å². The van der Waals surface area contributed by atoms with Gasteiger partial charge >= 0.3 is 0 Å². The van der Waals surface area contributed by atoms with Crippen LogP contribution < -0.4 is 5.73 Å². The summed E-state index contributed by atoms with van der Waals surface area (Å²) in [7, 11) is -1.69. The molecule has 0 saturated carbocycles. The zero-order valence-corrected chi connectivity index (χ0v) is 8.79. The molecule has 0 amide bonds. The van der Waals surface area contributed by atoms with E-state index < -0.39 is 10.0 Å². The highest BCUT2D eigenvalue weighted by molar-refractivity contribution is 7.89. The van der Waals surface area contributed by atoms with Crippen LogP contribution in [0.5, 0.6) is 0 Å². The molecule has 0 aliphatic rings. The van der Waals surface area contributed by atoms with E-state index in [0.717, 1.165) is 5.56 Å². The van der Waals surface area contributed by atoms with Gasteiger partial charge in [-0.2, -0.15) is 5.10 Å². The molecule has 3 N–H and O–H groups in total. The number of rotatable bonds is 5. The molecule has 0 fully saturated rings. The third-order valence-electron chi connectivity index (χ3n) is 1.81. The number of nitrogens with one attached hydrogen (secondary N) is 1. The van der Waals surface area contributed by atoms with E-state index in [9.17, 15) is 8.42 Å². The topological polar surface area (TPSA) is 92.1 Å². The molecule has 6 nitrogen and oxygen atoms in total. The van der Waals surface area contributed by atoms with Crippen LogP contribution in [0.1, 0.15) is 5.56 Å². The number of hydrogen-bond donors (Lipinski definition) is 2. The maximum Gasteiger partial charge on any atom is 0.215 e. The van der Waals surface area contributed by atoms with Crippen molar-refractivity contribution in [3.63, 3.8) is 0 Å². The van der Waals surface area contributed by atoms with Gasteiger partial charge in [0.1, 0.15) is 0 Å². The molecule has 0 saturated heterocycles. The van der Waals surface area contributed by atoms with Crippen molar-refractivity contribution in [3.05, 3.63) is 18.0 Å². The fourth-order valence-corrected chi connectivity index (χ4v) is 1.98.